The first-order valence-electron chi connectivity index (χ1n) is 9.36. The number of rotatable bonds is 5. The molecular weight excluding hydrogens is 383 g/mol. The molecule has 1 atom stereocenters. The fraction of sp³-hybridized carbons (Fsp3) is 0.130. The molecule has 0 fully saturated rings. The Hall–Kier alpha value is -3.87. The van der Waals surface area contributed by atoms with E-state index in [1.807, 2.05) is 12.1 Å². The van der Waals surface area contributed by atoms with Crippen molar-refractivity contribution in [3.8, 4) is 16.9 Å². The van der Waals surface area contributed by atoms with Crippen LogP contribution in [0.25, 0.3) is 22.0 Å². The molecule has 0 saturated heterocycles. The van der Waals surface area contributed by atoms with Crippen LogP contribution in [0.15, 0.2) is 67.3 Å². The summed E-state index contributed by atoms with van der Waals surface area (Å²) in [6, 6.07) is 11.4. The summed E-state index contributed by atoms with van der Waals surface area (Å²) >= 11 is 0. The highest BCUT2D eigenvalue weighted by molar-refractivity contribution is 6.01. The van der Waals surface area contributed by atoms with Crippen molar-refractivity contribution < 1.29 is 13.9 Å². The predicted molar refractivity (Wildman–Crippen MR) is 112 cm³/mol. The molecule has 0 saturated carbocycles. The number of hydrogen-bond donors (Lipinski definition) is 1. The molecule has 0 spiro atoms. The van der Waals surface area contributed by atoms with Gasteiger partial charge in [-0.15, -0.1) is 0 Å². The third-order valence-corrected chi connectivity index (χ3v) is 4.86. The molecule has 7 heteroatoms. The Kier molecular flexibility index (Phi) is 5.34. The Bertz CT molecular complexity index is 1210. The normalized spacial score (nSPS) is 11.8. The van der Waals surface area contributed by atoms with Crippen LogP contribution in [-0.4, -0.2) is 28.0 Å². The van der Waals surface area contributed by atoms with Gasteiger partial charge in [0, 0.05) is 30.2 Å². The van der Waals surface area contributed by atoms with Gasteiger partial charge in [0.1, 0.15) is 5.69 Å². The van der Waals surface area contributed by atoms with Gasteiger partial charge in [-0.2, -0.15) is 0 Å². The number of aromatic nitrogens is 3. The average Bonchev–Trinajstić information content (AvgIpc) is 2.78. The zero-order valence-corrected chi connectivity index (χ0v) is 16.5. The van der Waals surface area contributed by atoms with Gasteiger partial charge in [-0.3, -0.25) is 14.8 Å². The van der Waals surface area contributed by atoms with Crippen LogP contribution in [0.5, 0.6) is 5.75 Å². The maximum absolute atomic E-state index is 14.0. The second-order valence-electron chi connectivity index (χ2n) is 6.77. The minimum atomic E-state index is -0.479. The van der Waals surface area contributed by atoms with Crippen molar-refractivity contribution >= 4 is 16.8 Å². The van der Waals surface area contributed by atoms with Gasteiger partial charge in [-0.25, -0.2) is 9.37 Å². The molecule has 30 heavy (non-hydrogen) atoms. The number of benzene rings is 1. The van der Waals surface area contributed by atoms with E-state index < -0.39 is 11.9 Å². The van der Waals surface area contributed by atoms with E-state index in [4.69, 9.17) is 4.74 Å². The van der Waals surface area contributed by atoms with E-state index >= 15 is 0 Å². The first kappa shape index (κ1) is 19.4. The second-order valence-corrected chi connectivity index (χ2v) is 6.77. The predicted octanol–water partition coefficient (Wildman–Crippen LogP) is 4.33. The third kappa shape index (κ3) is 3.82. The molecule has 1 amide bonds. The number of nitrogens with zero attached hydrogens (tertiary/aromatic N) is 3. The van der Waals surface area contributed by atoms with Crippen molar-refractivity contribution in [2.24, 2.45) is 0 Å². The maximum atomic E-state index is 14.0. The molecule has 0 unspecified atom stereocenters. The van der Waals surface area contributed by atoms with E-state index in [2.05, 4.69) is 20.3 Å². The topological polar surface area (TPSA) is 77.0 Å². The van der Waals surface area contributed by atoms with Crippen molar-refractivity contribution in [1.29, 1.82) is 0 Å². The smallest absolute Gasteiger partial charge is 0.270 e. The largest absolute Gasteiger partial charge is 0.494 e. The van der Waals surface area contributed by atoms with Crippen molar-refractivity contribution in [3.05, 3.63) is 84.3 Å². The number of hydrogen-bond acceptors (Lipinski definition) is 5. The molecule has 0 bridgehead atoms. The number of fused-ring (bicyclic) bond motifs is 1. The fourth-order valence-corrected chi connectivity index (χ4v) is 3.26. The first-order valence-corrected chi connectivity index (χ1v) is 9.36. The van der Waals surface area contributed by atoms with Gasteiger partial charge in [-0.1, -0.05) is 6.07 Å². The molecule has 4 aromatic rings. The van der Waals surface area contributed by atoms with Gasteiger partial charge >= 0.3 is 0 Å². The minimum Gasteiger partial charge on any atom is -0.494 e. The first-order chi connectivity index (χ1) is 14.6. The number of halogens is 1. The van der Waals surface area contributed by atoms with E-state index in [1.54, 1.807) is 49.9 Å². The SMILES string of the molecule is COc1ccc([C@H](C)NC(=O)c2cc(-c3ccncc3)c3cnccc3n2)cc1F. The standard InChI is InChI=1S/C23H19FN4O2/c1-14(16-3-4-22(30-2)19(24)11-16)27-23(29)21-12-17(15-5-8-25-9-6-15)18-13-26-10-7-20(18)28-21/h3-14H,1-2H3,(H,27,29)/t14-/m0/s1. The average molecular weight is 402 g/mol. The van der Waals surface area contributed by atoms with Crippen LogP contribution in [0.4, 0.5) is 4.39 Å². The number of carbonyl (C=O) groups excluding carboxylic acids is 1. The van der Waals surface area contributed by atoms with Gasteiger partial charge in [0.25, 0.3) is 5.91 Å². The highest BCUT2D eigenvalue weighted by Gasteiger charge is 2.17. The van der Waals surface area contributed by atoms with Gasteiger partial charge in [0.05, 0.1) is 18.7 Å². The molecule has 1 aromatic carbocycles. The molecule has 1 N–H and O–H groups in total. The number of nitrogens with one attached hydrogen (secondary N) is 1. The van der Waals surface area contributed by atoms with Crippen molar-refractivity contribution in [2.75, 3.05) is 7.11 Å². The van der Waals surface area contributed by atoms with Crippen molar-refractivity contribution in [2.45, 2.75) is 13.0 Å². The Morgan fingerprint density at radius 3 is 2.57 bits per heavy atom. The van der Waals surface area contributed by atoms with Gasteiger partial charge in [0.2, 0.25) is 0 Å². The molecule has 4 rings (SSSR count). The van der Waals surface area contributed by atoms with Gasteiger partial charge in [0.15, 0.2) is 11.6 Å². The lowest BCUT2D eigenvalue weighted by Crippen LogP contribution is -2.27. The summed E-state index contributed by atoms with van der Waals surface area (Å²) in [6.07, 6.45) is 6.74. The zero-order chi connectivity index (χ0) is 21.1. The van der Waals surface area contributed by atoms with Crippen molar-refractivity contribution in [3.63, 3.8) is 0 Å². The van der Waals surface area contributed by atoms with E-state index in [0.717, 1.165) is 16.5 Å². The lowest BCUT2D eigenvalue weighted by atomic mass is 10.0. The Balaban J connectivity index is 1.67. The van der Waals surface area contributed by atoms with Gasteiger partial charge in [-0.05, 0) is 60.0 Å². The molecule has 3 heterocycles. The summed E-state index contributed by atoms with van der Waals surface area (Å²) in [4.78, 5) is 25.7. The van der Waals surface area contributed by atoms with Crippen molar-refractivity contribution in [1.82, 2.24) is 20.3 Å². The molecule has 3 aromatic heterocycles. The number of pyridine rings is 3. The molecule has 0 aliphatic heterocycles. The van der Waals surface area contributed by atoms with E-state index in [9.17, 15) is 9.18 Å². The molecule has 0 aliphatic rings. The van der Waals surface area contributed by atoms with E-state index in [1.165, 1.54) is 19.2 Å². The summed E-state index contributed by atoms with van der Waals surface area (Å²) in [6.45, 7) is 1.79. The molecule has 0 radical (unpaired) electrons. The highest BCUT2D eigenvalue weighted by atomic mass is 19.1. The Morgan fingerprint density at radius 2 is 1.83 bits per heavy atom. The van der Waals surface area contributed by atoms with Crippen LogP contribution in [0.2, 0.25) is 0 Å². The fourth-order valence-electron chi connectivity index (χ4n) is 3.26. The number of ether oxygens (including phenoxy) is 1. The summed E-state index contributed by atoms with van der Waals surface area (Å²) in [5.41, 5.74) is 3.29. The summed E-state index contributed by atoms with van der Waals surface area (Å²) in [5, 5.41) is 3.72. The summed E-state index contributed by atoms with van der Waals surface area (Å²) < 4.78 is 19.0. The van der Waals surface area contributed by atoms with Gasteiger partial charge < -0.3 is 10.1 Å². The van der Waals surface area contributed by atoms with Crippen LogP contribution in [0, 0.1) is 5.82 Å². The molecular formula is C23H19FN4O2. The van der Waals surface area contributed by atoms with Crippen LogP contribution < -0.4 is 10.1 Å². The summed E-state index contributed by atoms with van der Waals surface area (Å²) in [7, 11) is 1.41. The Labute approximate surface area is 172 Å². The van der Waals surface area contributed by atoms with Crippen LogP contribution in [0.1, 0.15) is 29.0 Å². The highest BCUT2D eigenvalue weighted by Crippen LogP contribution is 2.28. The number of carbonyl (C=O) groups is 1. The molecule has 0 aliphatic carbocycles. The van der Waals surface area contributed by atoms with Crippen LogP contribution in [-0.2, 0) is 0 Å². The molecule has 150 valence electrons. The molecule has 6 nitrogen and oxygen atoms in total. The lowest BCUT2D eigenvalue weighted by molar-refractivity contribution is 0.0935. The maximum Gasteiger partial charge on any atom is 0.270 e. The minimum absolute atomic E-state index is 0.157. The Morgan fingerprint density at radius 1 is 1.07 bits per heavy atom. The van der Waals surface area contributed by atoms with E-state index in [0.29, 0.717) is 11.1 Å². The number of methoxy groups -OCH3 is 1. The monoisotopic (exact) mass is 402 g/mol. The quantitative estimate of drug-likeness (QED) is 0.538. The third-order valence-electron chi connectivity index (χ3n) is 4.86. The summed E-state index contributed by atoms with van der Waals surface area (Å²) in [5.74, 6) is -0.677. The lowest BCUT2D eigenvalue weighted by Gasteiger charge is -2.16. The number of amides is 1. The van der Waals surface area contributed by atoms with E-state index in [-0.39, 0.29) is 17.4 Å². The second kappa shape index (κ2) is 8.24. The van der Waals surface area contributed by atoms with Crippen LogP contribution >= 0.6 is 0 Å². The zero-order valence-electron chi connectivity index (χ0n) is 16.5. The van der Waals surface area contributed by atoms with Crippen LogP contribution in [0.3, 0.4) is 0 Å².